The summed E-state index contributed by atoms with van der Waals surface area (Å²) in [6.07, 6.45) is 0. The van der Waals surface area contributed by atoms with E-state index in [4.69, 9.17) is 0 Å². The van der Waals surface area contributed by atoms with Crippen molar-refractivity contribution in [1.29, 1.82) is 0 Å². The van der Waals surface area contributed by atoms with E-state index < -0.39 is 23.7 Å². The molecule has 0 aromatic heterocycles. The van der Waals surface area contributed by atoms with Crippen LogP contribution in [-0.4, -0.2) is 26.8 Å². The summed E-state index contributed by atoms with van der Waals surface area (Å²) in [6, 6.07) is 0. The van der Waals surface area contributed by atoms with Gasteiger partial charge in [-0.05, 0) is 0 Å². The van der Waals surface area contributed by atoms with E-state index in [1.807, 2.05) is 0 Å². The molecular formula is C4F4INO2. The average molecular weight is 297 g/mol. The molecular weight excluding hydrogens is 297 g/mol. The molecule has 1 rings (SSSR count). The molecule has 0 aromatic carbocycles. The topological polar surface area (TPSA) is 37.4 Å². The first-order valence-electron chi connectivity index (χ1n) is 2.53. The van der Waals surface area contributed by atoms with Gasteiger partial charge in [0, 0.05) is 0 Å². The summed E-state index contributed by atoms with van der Waals surface area (Å²) in [7, 11) is 0. The van der Waals surface area contributed by atoms with Crippen molar-refractivity contribution in [3.05, 3.63) is 0 Å². The van der Waals surface area contributed by atoms with Gasteiger partial charge in [0.1, 0.15) is 0 Å². The fourth-order valence-corrected chi connectivity index (χ4v) is 1.21. The van der Waals surface area contributed by atoms with Crippen LogP contribution in [0, 0.1) is 0 Å². The number of halogens is 5. The molecule has 1 aliphatic rings. The summed E-state index contributed by atoms with van der Waals surface area (Å²) < 4.78 is 48.7. The first-order valence-corrected chi connectivity index (χ1v) is 3.50. The quantitative estimate of drug-likeness (QED) is 0.289. The van der Waals surface area contributed by atoms with Gasteiger partial charge < -0.3 is 0 Å². The Morgan fingerprint density at radius 3 is 1.33 bits per heavy atom. The lowest BCUT2D eigenvalue weighted by atomic mass is 10.2. The molecule has 1 fully saturated rings. The monoisotopic (exact) mass is 297 g/mol. The average Bonchev–Trinajstić information content (AvgIpc) is 2.05. The molecule has 0 bridgehead atoms. The zero-order chi connectivity index (χ0) is 9.73. The summed E-state index contributed by atoms with van der Waals surface area (Å²) in [5.74, 6) is -14.2. The van der Waals surface area contributed by atoms with Gasteiger partial charge in [0.05, 0.1) is 22.9 Å². The maximum Gasteiger partial charge on any atom is 0.397 e. The fraction of sp³-hybridized carbons (Fsp3) is 0.500. The summed E-state index contributed by atoms with van der Waals surface area (Å²) in [4.78, 5) is 20.6. The van der Waals surface area contributed by atoms with Crippen molar-refractivity contribution in [2.24, 2.45) is 0 Å². The Hall–Kier alpha value is -0.410. The number of alkyl halides is 4. The predicted octanol–water partition coefficient (Wildman–Crippen LogP) is 0.976. The van der Waals surface area contributed by atoms with Gasteiger partial charge in [-0.25, -0.2) is 3.11 Å². The van der Waals surface area contributed by atoms with Gasteiger partial charge >= 0.3 is 23.7 Å². The normalized spacial score (nSPS) is 26.6. The first kappa shape index (κ1) is 9.68. The molecule has 2 amide bonds. The van der Waals surface area contributed by atoms with Crippen LogP contribution in [0.15, 0.2) is 0 Å². The van der Waals surface area contributed by atoms with E-state index in [1.54, 1.807) is 0 Å². The highest BCUT2D eigenvalue weighted by molar-refractivity contribution is 14.1. The van der Waals surface area contributed by atoms with Crippen LogP contribution in [0.3, 0.4) is 0 Å². The molecule has 68 valence electrons. The zero-order valence-corrected chi connectivity index (χ0v) is 7.31. The molecule has 0 N–H and O–H groups in total. The minimum Gasteiger partial charge on any atom is -0.266 e. The van der Waals surface area contributed by atoms with Gasteiger partial charge in [-0.2, -0.15) is 17.6 Å². The van der Waals surface area contributed by atoms with Gasteiger partial charge in [0.15, 0.2) is 0 Å². The summed E-state index contributed by atoms with van der Waals surface area (Å²) in [5, 5.41) is 0. The fourth-order valence-electron chi connectivity index (χ4n) is 0.607. The minimum atomic E-state index is -4.91. The van der Waals surface area contributed by atoms with Crippen LogP contribution in [0.1, 0.15) is 0 Å². The van der Waals surface area contributed by atoms with Crippen LogP contribution in [0.2, 0.25) is 0 Å². The molecule has 0 aliphatic carbocycles. The molecule has 0 atom stereocenters. The van der Waals surface area contributed by atoms with E-state index in [1.165, 1.54) is 0 Å². The highest BCUT2D eigenvalue weighted by Gasteiger charge is 2.75. The smallest absolute Gasteiger partial charge is 0.266 e. The van der Waals surface area contributed by atoms with E-state index >= 15 is 0 Å². The Bertz CT molecular complexity index is 240. The largest absolute Gasteiger partial charge is 0.397 e. The molecule has 0 spiro atoms. The first-order chi connectivity index (χ1) is 5.23. The summed E-state index contributed by atoms with van der Waals surface area (Å²) >= 11 is 0.809. The predicted molar refractivity (Wildman–Crippen MR) is 35.8 cm³/mol. The Labute approximate surface area is 77.2 Å². The Morgan fingerprint density at radius 2 is 1.25 bits per heavy atom. The molecule has 0 saturated carbocycles. The number of carbonyl (C=O) groups excluding carboxylic acids is 2. The van der Waals surface area contributed by atoms with E-state index in [0.717, 1.165) is 22.9 Å². The van der Waals surface area contributed by atoms with Gasteiger partial charge in [-0.1, -0.05) is 0 Å². The van der Waals surface area contributed by atoms with Crippen molar-refractivity contribution < 1.29 is 27.2 Å². The highest BCUT2D eigenvalue weighted by Crippen LogP contribution is 2.44. The number of hydrogen-bond acceptors (Lipinski definition) is 2. The van der Waals surface area contributed by atoms with Crippen LogP contribution in [0.5, 0.6) is 0 Å². The van der Waals surface area contributed by atoms with E-state index in [2.05, 4.69) is 0 Å². The van der Waals surface area contributed by atoms with Crippen LogP contribution < -0.4 is 0 Å². The lowest BCUT2D eigenvalue weighted by Gasteiger charge is -2.11. The van der Waals surface area contributed by atoms with Gasteiger partial charge in [0.2, 0.25) is 0 Å². The minimum absolute atomic E-state index is 0.308. The number of amides is 2. The number of hydrogen-bond donors (Lipinski definition) is 0. The molecule has 1 aliphatic heterocycles. The number of carbonyl (C=O) groups is 2. The third-order valence-corrected chi connectivity index (χ3v) is 2.16. The third-order valence-electron chi connectivity index (χ3n) is 1.29. The summed E-state index contributed by atoms with van der Waals surface area (Å²) in [6.45, 7) is 0. The molecule has 1 heterocycles. The van der Waals surface area contributed by atoms with Crippen LogP contribution in [-0.2, 0) is 9.59 Å². The Kier molecular flexibility index (Phi) is 1.85. The van der Waals surface area contributed by atoms with E-state index in [9.17, 15) is 27.2 Å². The third kappa shape index (κ3) is 0.866. The number of imide groups is 1. The Balaban J connectivity index is 3.24. The second-order valence-electron chi connectivity index (χ2n) is 2.04. The maximum atomic E-state index is 12.2. The van der Waals surface area contributed by atoms with Crippen molar-refractivity contribution in [1.82, 2.24) is 3.11 Å². The van der Waals surface area contributed by atoms with Gasteiger partial charge in [0.25, 0.3) is 0 Å². The van der Waals surface area contributed by atoms with Crippen molar-refractivity contribution in [2.45, 2.75) is 11.8 Å². The standard InChI is InChI=1S/C4F4INO2/c5-3(6)1(11)10(9)2(12)4(3,7)8. The van der Waals surface area contributed by atoms with Crippen molar-refractivity contribution in [2.75, 3.05) is 0 Å². The van der Waals surface area contributed by atoms with Crippen molar-refractivity contribution in [3.63, 3.8) is 0 Å². The summed E-state index contributed by atoms with van der Waals surface area (Å²) in [5.41, 5.74) is 0. The molecule has 8 heteroatoms. The molecule has 12 heavy (non-hydrogen) atoms. The molecule has 0 radical (unpaired) electrons. The lowest BCUT2D eigenvalue weighted by molar-refractivity contribution is -0.192. The van der Waals surface area contributed by atoms with Crippen LogP contribution in [0.25, 0.3) is 0 Å². The second kappa shape index (κ2) is 2.30. The second-order valence-corrected chi connectivity index (χ2v) is 3.00. The lowest BCUT2D eigenvalue weighted by Crippen LogP contribution is -2.43. The molecule has 3 nitrogen and oxygen atoms in total. The van der Waals surface area contributed by atoms with E-state index in [0.29, 0.717) is 0 Å². The number of rotatable bonds is 0. The van der Waals surface area contributed by atoms with Gasteiger partial charge in [-0.15, -0.1) is 0 Å². The maximum absolute atomic E-state index is 12.2. The Morgan fingerprint density at radius 1 is 1.00 bits per heavy atom. The van der Waals surface area contributed by atoms with Crippen molar-refractivity contribution in [3.8, 4) is 0 Å². The highest BCUT2D eigenvalue weighted by atomic mass is 127. The molecule has 0 aromatic rings. The van der Waals surface area contributed by atoms with Crippen molar-refractivity contribution >= 4 is 34.7 Å². The molecule has 0 unspecified atom stereocenters. The van der Waals surface area contributed by atoms with Gasteiger partial charge in [-0.3, -0.25) is 9.59 Å². The number of nitrogens with zero attached hydrogens (tertiary/aromatic N) is 1. The zero-order valence-electron chi connectivity index (χ0n) is 5.15. The SMILES string of the molecule is O=C1N(I)C(=O)C(F)(F)C1(F)F. The van der Waals surface area contributed by atoms with E-state index in [-0.39, 0.29) is 3.11 Å². The van der Waals surface area contributed by atoms with Crippen LogP contribution in [0.4, 0.5) is 17.6 Å². The van der Waals surface area contributed by atoms with Crippen LogP contribution >= 0.6 is 22.9 Å². The molecule has 1 saturated heterocycles.